The topological polar surface area (TPSA) is 98.8 Å². The molecule has 1 aliphatic heterocycles. The molecule has 36 heavy (non-hydrogen) atoms. The smallest absolute Gasteiger partial charge is 0.322 e. The summed E-state index contributed by atoms with van der Waals surface area (Å²) in [7, 11) is 0. The first-order chi connectivity index (χ1) is 17.5. The minimum absolute atomic E-state index is 0.0245. The molecular formula is C26H25F2N7O. The number of anilines is 2. The number of nitrogens with one attached hydrogen (secondary N) is 3. The van der Waals surface area contributed by atoms with E-state index >= 15 is 0 Å². The minimum atomic E-state index is -0.567. The molecule has 0 spiro atoms. The normalized spacial score (nSPS) is 19.3. The van der Waals surface area contributed by atoms with E-state index in [2.05, 4.69) is 36.6 Å². The number of hydrogen-bond acceptors (Lipinski definition) is 5. The van der Waals surface area contributed by atoms with Gasteiger partial charge in [-0.1, -0.05) is 18.2 Å². The number of aromatic nitrogens is 4. The maximum absolute atomic E-state index is 14.7. The Kier molecular flexibility index (Phi) is 5.71. The van der Waals surface area contributed by atoms with Crippen LogP contribution in [-0.2, 0) is 6.42 Å². The molecule has 0 radical (unpaired) electrons. The number of aromatic amines is 1. The van der Waals surface area contributed by atoms with Crippen molar-refractivity contribution in [1.29, 1.82) is 0 Å². The first-order valence-corrected chi connectivity index (χ1v) is 12.1. The van der Waals surface area contributed by atoms with Crippen molar-refractivity contribution in [2.75, 3.05) is 16.8 Å². The van der Waals surface area contributed by atoms with Gasteiger partial charge in [0.15, 0.2) is 17.5 Å². The summed E-state index contributed by atoms with van der Waals surface area (Å²) in [6.07, 6.45) is 7.98. The third kappa shape index (κ3) is 4.23. The molecule has 10 heteroatoms. The van der Waals surface area contributed by atoms with Gasteiger partial charge in [0, 0.05) is 41.5 Å². The van der Waals surface area contributed by atoms with E-state index in [9.17, 15) is 13.6 Å². The first-order valence-electron chi connectivity index (χ1n) is 12.1. The molecular weight excluding hydrogens is 464 g/mol. The fourth-order valence-corrected chi connectivity index (χ4v) is 5.21. The van der Waals surface area contributed by atoms with Gasteiger partial charge < -0.3 is 15.6 Å². The SMILES string of the molecule is O=C(NC1CCCC(Nc2nc(-c3c[nH]c4ncc(F)cc34)ncc2F)C1)N1CCc2ccccc21. The van der Waals surface area contributed by atoms with Crippen molar-refractivity contribution < 1.29 is 13.6 Å². The van der Waals surface area contributed by atoms with E-state index in [1.807, 2.05) is 18.2 Å². The zero-order chi connectivity index (χ0) is 24.6. The maximum Gasteiger partial charge on any atom is 0.322 e. The lowest BCUT2D eigenvalue weighted by Crippen LogP contribution is -2.47. The van der Waals surface area contributed by atoms with Gasteiger partial charge >= 0.3 is 6.03 Å². The van der Waals surface area contributed by atoms with Crippen LogP contribution < -0.4 is 15.5 Å². The van der Waals surface area contributed by atoms with Gasteiger partial charge in [-0.2, -0.15) is 0 Å². The van der Waals surface area contributed by atoms with Gasteiger partial charge in [-0.3, -0.25) is 4.90 Å². The zero-order valence-corrected chi connectivity index (χ0v) is 19.5. The summed E-state index contributed by atoms with van der Waals surface area (Å²) in [5.74, 6) is -0.686. The molecule has 184 valence electrons. The van der Waals surface area contributed by atoms with Crippen LogP contribution in [0, 0.1) is 11.6 Å². The number of rotatable bonds is 4. The van der Waals surface area contributed by atoms with Crippen molar-refractivity contribution in [3.63, 3.8) is 0 Å². The molecule has 6 rings (SSSR count). The molecule has 3 N–H and O–H groups in total. The van der Waals surface area contributed by atoms with E-state index in [4.69, 9.17) is 0 Å². The van der Waals surface area contributed by atoms with E-state index in [0.717, 1.165) is 43.8 Å². The molecule has 4 aromatic rings. The van der Waals surface area contributed by atoms with Crippen molar-refractivity contribution in [2.45, 2.75) is 44.2 Å². The predicted octanol–water partition coefficient (Wildman–Crippen LogP) is 4.79. The molecule has 2 atom stereocenters. The van der Waals surface area contributed by atoms with Gasteiger partial charge in [0.25, 0.3) is 0 Å². The number of benzene rings is 1. The van der Waals surface area contributed by atoms with Crippen molar-refractivity contribution >= 4 is 28.6 Å². The van der Waals surface area contributed by atoms with Crippen molar-refractivity contribution in [3.05, 3.63) is 66.1 Å². The van der Waals surface area contributed by atoms with Crippen LogP contribution in [0.2, 0.25) is 0 Å². The molecule has 2 unspecified atom stereocenters. The predicted molar refractivity (Wildman–Crippen MR) is 133 cm³/mol. The second-order valence-corrected chi connectivity index (χ2v) is 9.33. The zero-order valence-electron chi connectivity index (χ0n) is 19.5. The third-order valence-corrected chi connectivity index (χ3v) is 6.96. The Balaban J connectivity index is 1.15. The number of urea groups is 1. The molecule has 2 amide bonds. The number of carbonyl (C=O) groups is 1. The minimum Gasteiger partial charge on any atom is -0.365 e. The van der Waals surface area contributed by atoms with Gasteiger partial charge in [-0.05, 0) is 49.8 Å². The van der Waals surface area contributed by atoms with Gasteiger partial charge in [0.2, 0.25) is 0 Å². The van der Waals surface area contributed by atoms with Crippen LogP contribution >= 0.6 is 0 Å². The summed E-state index contributed by atoms with van der Waals surface area (Å²) in [6, 6.07) is 9.12. The molecule has 0 bridgehead atoms. The monoisotopic (exact) mass is 489 g/mol. The van der Waals surface area contributed by atoms with Crippen molar-refractivity contribution in [2.24, 2.45) is 0 Å². The average molecular weight is 490 g/mol. The number of fused-ring (bicyclic) bond motifs is 2. The Bertz CT molecular complexity index is 1440. The number of amides is 2. The molecule has 1 aliphatic carbocycles. The third-order valence-electron chi connectivity index (χ3n) is 6.96. The van der Waals surface area contributed by atoms with Gasteiger partial charge in [-0.15, -0.1) is 0 Å². The molecule has 2 aliphatic rings. The summed E-state index contributed by atoms with van der Waals surface area (Å²) >= 11 is 0. The summed E-state index contributed by atoms with van der Waals surface area (Å²) in [5.41, 5.74) is 3.18. The van der Waals surface area contributed by atoms with Gasteiger partial charge in [0.05, 0.1) is 12.4 Å². The number of halogens is 2. The van der Waals surface area contributed by atoms with Crippen LogP contribution in [0.25, 0.3) is 22.4 Å². The van der Waals surface area contributed by atoms with Crippen LogP contribution in [0.4, 0.5) is 25.1 Å². The molecule has 1 aromatic carbocycles. The van der Waals surface area contributed by atoms with Crippen molar-refractivity contribution in [3.8, 4) is 11.4 Å². The number of pyridine rings is 1. The number of hydrogen-bond donors (Lipinski definition) is 3. The number of carbonyl (C=O) groups excluding carboxylic acids is 1. The van der Waals surface area contributed by atoms with E-state index in [0.29, 0.717) is 29.6 Å². The first kappa shape index (κ1) is 22.4. The highest BCUT2D eigenvalue weighted by atomic mass is 19.1. The van der Waals surface area contributed by atoms with E-state index in [1.54, 1.807) is 11.1 Å². The molecule has 1 saturated carbocycles. The molecule has 1 fully saturated rings. The number of para-hydroxylation sites is 1. The lowest BCUT2D eigenvalue weighted by atomic mass is 9.91. The lowest BCUT2D eigenvalue weighted by molar-refractivity contribution is 0.237. The number of nitrogens with zero attached hydrogens (tertiary/aromatic N) is 4. The number of H-pyrrole nitrogens is 1. The van der Waals surface area contributed by atoms with E-state index in [-0.39, 0.29) is 29.8 Å². The largest absolute Gasteiger partial charge is 0.365 e. The van der Waals surface area contributed by atoms with Crippen LogP contribution in [0.5, 0.6) is 0 Å². The Labute approximate surface area is 206 Å². The van der Waals surface area contributed by atoms with E-state index in [1.165, 1.54) is 11.6 Å². The fourth-order valence-electron chi connectivity index (χ4n) is 5.21. The van der Waals surface area contributed by atoms with Crippen LogP contribution in [-0.4, -0.2) is 44.6 Å². The Hall–Kier alpha value is -4.08. The fraction of sp³-hybridized carbons (Fsp3) is 0.308. The Morgan fingerprint density at radius 3 is 2.89 bits per heavy atom. The summed E-state index contributed by atoms with van der Waals surface area (Å²) < 4.78 is 28.4. The quantitative estimate of drug-likeness (QED) is 0.383. The molecule has 8 nitrogen and oxygen atoms in total. The Morgan fingerprint density at radius 2 is 1.97 bits per heavy atom. The lowest BCUT2D eigenvalue weighted by Gasteiger charge is -2.32. The highest BCUT2D eigenvalue weighted by Crippen LogP contribution is 2.30. The van der Waals surface area contributed by atoms with Crippen LogP contribution in [0.15, 0.2) is 48.9 Å². The van der Waals surface area contributed by atoms with Crippen LogP contribution in [0.3, 0.4) is 0 Å². The Morgan fingerprint density at radius 1 is 1.11 bits per heavy atom. The summed E-state index contributed by atoms with van der Waals surface area (Å²) in [4.78, 5) is 30.3. The molecule has 4 heterocycles. The highest BCUT2D eigenvalue weighted by Gasteiger charge is 2.29. The van der Waals surface area contributed by atoms with Gasteiger partial charge in [0.1, 0.15) is 11.5 Å². The molecule has 0 saturated heterocycles. The van der Waals surface area contributed by atoms with Gasteiger partial charge in [-0.25, -0.2) is 28.5 Å². The van der Waals surface area contributed by atoms with Crippen LogP contribution in [0.1, 0.15) is 31.2 Å². The second-order valence-electron chi connectivity index (χ2n) is 9.33. The summed E-state index contributed by atoms with van der Waals surface area (Å²) in [5, 5.41) is 6.90. The maximum atomic E-state index is 14.7. The highest BCUT2D eigenvalue weighted by molar-refractivity contribution is 5.94. The molecule has 3 aromatic heterocycles. The second kappa shape index (κ2) is 9.18. The summed E-state index contributed by atoms with van der Waals surface area (Å²) in [6.45, 7) is 0.668. The average Bonchev–Trinajstić information content (AvgIpc) is 3.50. The standard InChI is InChI=1S/C26H25F2N7O/c27-16-10-19-20(13-30-23(19)29-12-16)24-31-14-21(28)25(34-24)32-17-5-3-6-18(11-17)33-26(36)35-9-8-15-4-1-2-7-22(15)35/h1-2,4,7,10,12-14,17-18H,3,5-6,8-9,11H2,(H,29,30)(H,33,36)(H,31,32,34). The van der Waals surface area contributed by atoms with E-state index < -0.39 is 11.6 Å². The van der Waals surface area contributed by atoms with Crippen molar-refractivity contribution in [1.82, 2.24) is 25.3 Å².